The summed E-state index contributed by atoms with van der Waals surface area (Å²) in [7, 11) is 1.96. The van der Waals surface area contributed by atoms with E-state index in [4.69, 9.17) is 4.98 Å². The molecular formula is C21H21N5. The van der Waals surface area contributed by atoms with E-state index >= 15 is 0 Å². The van der Waals surface area contributed by atoms with Gasteiger partial charge in [0.05, 0.1) is 22.9 Å². The average molecular weight is 343 g/mol. The summed E-state index contributed by atoms with van der Waals surface area (Å²) in [6.07, 6.45) is 1.90. The minimum absolute atomic E-state index is 0.998. The minimum Gasteiger partial charge on any atom is -0.369 e. The summed E-state index contributed by atoms with van der Waals surface area (Å²) in [5.74, 6) is 0. The lowest BCUT2D eigenvalue weighted by Crippen LogP contribution is -2.43. The van der Waals surface area contributed by atoms with Crippen molar-refractivity contribution in [3.05, 3.63) is 54.7 Å². The van der Waals surface area contributed by atoms with Gasteiger partial charge in [-0.25, -0.2) is 4.98 Å². The minimum atomic E-state index is 0.998. The number of anilines is 1. The van der Waals surface area contributed by atoms with Crippen molar-refractivity contribution in [3.63, 3.8) is 0 Å². The van der Waals surface area contributed by atoms with Crippen LogP contribution in [0.15, 0.2) is 54.7 Å². The third-order valence-corrected chi connectivity index (χ3v) is 5.20. The van der Waals surface area contributed by atoms with Crippen molar-refractivity contribution in [2.45, 2.75) is 0 Å². The van der Waals surface area contributed by atoms with Gasteiger partial charge in [0.2, 0.25) is 0 Å². The Labute approximate surface area is 152 Å². The Morgan fingerprint density at radius 1 is 0.923 bits per heavy atom. The van der Waals surface area contributed by atoms with Gasteiger partial charge in [-0.05, 0) is 36.4 Å². The van der Waals surface area contributed by atoms with Gasteiger partial charge in [-0.15, -0.1) is 0 Å². The molecule has 0 unspecified atom stereocenters. The van der Waals surface area contributed by atoms with E-state index in [1.807, 2.05) is 17.9 Å². The van der Waals surface area contributed by atoms with E-state index < -0.39 is 0 Å². The molecule has 5 rings (SSSR count). The van der Waals surface area contributed by atoms with Crippen LogP contribution in [0, 0.1) is 0 Å². The van der Waals surface area contributed by atoms with Gasteiger partial charge in [-0.2, -0.15) is 5.10 Å². The van der Waals surface area contributed by atoms with Crippen molar-refractivity contribution >= 4 is 27.5 Å². The van der Waals surface area contributed by atoms with Crippen LogP contribution in [0.3, 0.4) is 0 Å². The van der Waals surface area contributed by atoms with Crippen LogP contribution in [-0.4, -0.2) is 40.9 Å². The Hall–Kier alpha value is -2.92. The highest BCUT2D eigenvalue weighted by Gasteiger charge is 2.11. The zero-order valence-corrected chi connectivity index (χ0v) is 14.8. The molecule has 2 aromatic heterocycles. The summed E-state index contributed by atoms with van der Waals surface area (Å²) < 4.78 is 1.89. The Morgan fingerprint density at radius 2 is 1.81 bits per heavy atom. The molecule has 5 nitrogen and oxygen atoms in total. The van der Waals surface area contributed by atoms with Gasteiger partial charge < -0.3 is 10.2 Å². The van der Waals surface area contributed by atoms with Gasteiger partial charge in [-0.3, -0.25) is 4.68 Å². The fourth-order valence-electron chi connectivity index (χ4n) is 3.72. The molecule has 0 amide bonds. The molecule has 0 saturated carbocycles. The zero-order valence-electron chi connectivity index (χ0n) is 14.8. The van der Waals surface area contributed by atoms with Crippen LogP contribution in [0.5, 0.6) is 0 Å². The van der Waals surface area contributed by atoms with Crippen molar-refractivity contribution in [3.8, 4) is 11.3 Å². The van der Waals surface area contributed by atoms with Crippen LogP contribution < -0.4 is 10.2 Å². The van der Waals surface area contributed by atoms with Gasteiger partial charge >= 0.3 is 0 Å². The molecule has 1 aliphatic rings. The molecule has 1 fully saturated rings. The number of aryl methyl sites for hydroxylation is 1. The summed E-state index contributed by atoms with van der Waals surface area (Å²) in [4.78, 5) is 7.32. The van der Waals surface area contributed by atoms with Crippen molar-refractivity contribution in [2.24, 2.45) is 7.05 Å². The molecule has 130 valence electrons. The van der Waals surface area contributed by atoms with Crippen molar-refractivity contribution in [1.82, 2.24) is 20.1 Å². The number of pyridine rings is 1. The lowest BCUT2D eigenvalue weighted by Gasteiger charge is -2.29. The van der Waals surface area contributed by atoms with Crippen molar-refractivity contribution < 1.29 is 0 Å². The number of aromatic nitrogens is 3. The standard InChI is InChI=1S/C21H21N5/c1-25-21-7-3-15(12-17(21)14-23-25)19-5-2-16-13-18(4-6-20(16)24-19)26-10-8-22-9-11-26/h2-7,12-14,22H,8-11H2,1H3. The number of hydrogen-bond donors (Lipinski definition) is 1. The number of nitrogens with one attached hydrogen (secondary N) is 1. The monoisotopic (exact) mass is 343 g/mol. The maximum atomic E-state index is 4.89. The maximum Gasteiger partial charge on any atom is 0.0711 e. The van der Waals surface area contributed by atoms with Crippen molar-refractivity contribution in [1.29, 1.82) is 0 Å². The van der Waals surface area contributed by atoms with Crippen molar-refractivity contribution in [2.75, 3.05) is 31.1 Å². The Bertz CT molecular complexity index is 1090. The van der Waals surface area contributed by atoms with E-state index in [0.29, 0.717) is 0 Å². The summed E-state index contributed by atoms with van der Waals surface area (Å²) in [5, 5.41) is 10.1. The highest BCUT2D eigenvalue weighted by Crippen LogP contribution is 2.27. The number of nitrogens with zero attached hydrogens (tertiary/aromatic N) is 4. The molecule has 0 spiro atoms. The largest absolute Gasteiger partial charge is 0.369 e. The molecule has 26 heavy (non-hydrogen) atoms. The van der Waals surface area contributed by atoms with Gasteiger partial charge in [0.15, 0.2) is 0 Å². The third-order valence-electron chi connectivity index (χ3n) is 5.20. The smallest absolute Gasteiger partial charge is 0.0711 e. The molecule has 4 aromatic rings. The van der Waals surface area contributed by atoms with Crippen LogP contribution in [0.4, 0.5) is 5.69 Å². The molecule has 5 heteroatoms. The predicted molar refractivity (Wildman–Crippen MR) is 107 cm³/mol. The lowest BCUT2D eigenvalue weighted by molar-refractivity contribution is 0.589. The fourth-order valence-corrected chi connectivity index (χ4v) is 3.72. The first-order valence-corrected chi connectivity index (χ1v) is 9.06. The average Bonchev–Trinajstić information content (AvgIpc) is 3.08. The normalized spacial score (nSPS) is 15.0. The third kappa shape index (κ3) is 2.61. The molecule has 1 saturated heterocycles. The van der Waals surface area contributed by atoms with Crippen LogP contribution in [0.1, 0.15) is 0 Å². The first-order chi connectivity index (χ1) is 12.8. The Morgan fingerprint density at radius 3 is 2.69 bits per heavy atom. The molecule has 1 N–H and O–H groups in total. The topological polar surface area (TPSA) is 46.0 Å². The lowest BCUT2D eigenvalue weighted by atomic mass is 10.1. The number of benzene rings is 2. The van der Waals surface area contributed by atoms with Crippen LogP contribution >= 0.6 is 0 Å². The zero-order chi connectivity index (χ0) is 17.5. The SMILES string of the molecule is Cn1ncc2cc(-c3ccc4cc(N5CCNCC5)ccc4n3)ccc21. The summed E-state index contributed by atoms with van der Waals surface area (Å²) >= 11 is 0. The number of hydrogen-bond acceptors (Lipinski definition) is 4. The first kappa shape index (κ1) is 15.3. The number of piperazine rings is 1. The van der Waals surface area contributed by atoms with Gasteiger partial charge in [0.1, 0.15) is 0 Å². The summed E-state index contributed by atoms with van der Waals surface area (Å²) in [6.45, 7) is 4.21. The van der Waals surface area contributed by atoms with E-state index in [2.05, 4.69) is 63.8 Å². The van der Waals surface area contributed by atoms with E-state index in [0.717, 1.165) is 53.9 Å². The second-order valence-electron chi connectivity index (χ2n) is 6.85. The molecule has 0 radical (unpaired) electrons. The maximum absolute atomic E-state index is 4.89. The first-order valence-electron chi connectivity index (χ1n) is 9.06. The van der Waals surface area contributed by atoms with Crippen LogP contribution in [0.2, 0.25) is 0 Å². The van der Waals surface area contributed by atoms with E-state index in [9.17, 15) is 0 Å². The number of fused-ring (bicyclic) bond motifs is 2. The molecule has 0 aliphatic carbocycles. The summed E-state index contributed by atoms with van der Waals surface area (Å²) in [5.41, 5.74) is 5.57. The van der Waals surface area contributed by atoms with E-state index in [1.165, 1.54) is 11.1 Å². The molecule has 0 atom stereocenters. The van der Waals surface area contributed by atoms with Gasteiger partial charge in [-0.1, -0.05) is 12.1 Å². The predicted octanol–water partition coefficient (Wildman–Crippen LogP) is 3.20. The van der Waals surface area contributed by atoms with Crippen LogP contribution in [-0.2, 0) is 7.05 Å². The second kappa shape index (κ2) is 6.11. The molecule has 3 heterocycles. The van der Waals surface area contributed by atoms with Gasteiger partial charge in [0, 0.05) is 55.2 Å². The van der Waals surface area contributed by atoms with E-state index in [-0.39, 0.29) is 0 Å². The Balaban J connectivity index is 1.52. The highest BCUT2D eigenvalue weighted by atomic mass is 15.2. The molecular weight excluding hydrogens is 322 g/mol. The van der Waals surface area contributed by atoms with Crippen LogP contribution in [0.25, 0.3) is 33.1 Å². The second-order valence-corrected chi connectivity index (χ2v) is 6.85. The van der Waals surface area contributed by atoms with E-state index in [1.54, 1.807) is 0 Å². The highest BCUT2D eigenvalue weighted by molar-refractivity contribution is 5.87. The Kier molecular flexibility index (Phi) is 3.60. The molecule has 0 bridgehead atoms. The molecule has 1 aliphatic heterocycles. The fraction of sp³-hybridized carbons (Fsp3) is 0.238. The molecule has 2 aromatic carbocycles. The summed E-state index contributed by atoms with van der Waals surface area (Å²) in [6, 6.07) is 17.3. The number of rotatable bonds is 2. The quantitative estimate of drug-likeness (QED) is 0.607. The van der Waals surface area contributed by atoms with Gasteiger partial charge in [0.25, 0.3) is 0 Å².